The van der Waals surface area contributed by atoms with Crippen molar-refractivity contribution in [1.82, 2.24) is 25.1 Å². The second-order valence-corrected chi connectivity index (χ2v) is 9.78. The van der Waals surface area contributed by atoms with Gasteiger partial charge in [0.1, 0.15) is 0 Å². The Morgan fingerprint density at radius 2 is 1.93 bits per heavy atom. The average Bonchev–Trinajstić information content (AvgIpc) is 3.19. The van der Waals surface area contributed by atoms with E-state index < -0.39 is 10.0 Å². The summed E-state index contributed by atoms with van der Waals surface area (Å²) in [7, 11) is -1.83. The van der Waals surface area contributed by atoms with E-state index in [4.69, 9.17) is 5.14 Å². The summed E-state index contributed by atoms with van der Waals surface area (Å²) in [4.78, 5) is 14.4. The fraction of sp³-hybridized carbons (Fsp3) is 0.556. The molecular formula is C18H26N6O3S2. The Morgan fingerprint density at radius 3 is 2.59 bits per heavy atom. The summed E-state index contributed by atoms with van der Waals surface area (Å²) < 4.78 is 24.3. The first-order chi connectivity index (χ1) is 13.9. The Morgan fingerprint density at radius 1 is 1.24 bits per heavy atom. The van der Waals surface area contributed by atoms with Crippen LogP contribution in [0, 0.1) is 0 Å². The second kappa shape index (κ2) is 9.68. The van der Waals surface area contributed by atoms with E-state index in [0.717, 1.165) is 19.3 Å². The monoisotopic (exact) mass is 438 g/mol. The highest BCUT2D eigenvalue weighted by Gasteiger charge is 2.21. The standard InChI is InChI=1S/C18H26N6O3S2/c1-23(14-6-3-2-4-7-14)17(25)8-5-13-28-18-20-21-22-24(18)15-9-11-16(12-10-15)29(19,26)27/h9-12,14H,2-8,13H2,1H3,(H2,19,26,27). The summed E-state index contributed by atoms with van der Waals surface area (Å²) in [6.07, 6.45) is 7.14. The maximum absolute atomic E-state index is 12.4. The van der Waals surface area contributed by atoms with Gasteiger partial charge < -0.3 is 4.90 Å². The number of aromatic nitrogens is 4. The van der Waals surface area contributed by atoms with E-state index in [9.17, 15) is 13.2 Å². The molecule has 1 aromatic carbocycles. The summed E-state index contributed by atoms with van der Waals surface area (Å²) in [6, 6.07) is 6.42. The molecule has 0 unspecified atom stereocenters. The number of nitrogens with zero attached hydrogens (tertiary/aromatic N) is 5. The van der Waals surface area contributed by atoms with Gasteiger partial charge >= 0.3 is 0 Å². The zero-order valence-electron chi connectivity index (χ0n) is 16.4. The minimum atomic E-state index is -3.74. The van der Waals surface area contributed by atoms with Crippen molar-refractivity contribution in [3.8, 4) is 5.69 Å². The quantitative estimate of drug-likeness (QED) is 0.493. The molecule has 9 nitrogen and oxygen atoms in total. The molecule has 2 aromatic rings. The van der Waals surface area contributed by atoms with Gasteiger partial charge in [-0.2, -0.15) is 4.68 Å². The van der Waals surface area contributed by atoms with E-state index in [1.54, 1.807) is 12.1 Å². The highest BCUT2D eigenvalue weighted by Crippen LogP contribution is 2.23. The molecule has 0 atom stereocenters. The third kappa shape index (κ3) is 5.77. The van der Waals surface area contributed by atoms with Gasteiger partial charge in [-0.3, -0.25) is 4.79 Å². The highest BCUT2D eigenvalue weighted by molar-refractivity contribution is 7.99. The molecule has 158 valence electrons. The van der Waals surface area contributed by atoms with Gasteiger partial charge in [0.05, 0.1) is 10.6 Å². The van der Waals surface area contributed by atoms with Gasteiger partial charge in [-0.05, 0) is 54.0 Å². The lowest BCUT2D eigenvalue weighted by molar-refractivity contribution is -0.132. The summed E-state index contributed by atoms with van der Waals surface area (Å²) >= 11 is 1.46. The second-order valence-electron chi connectivity index (χ2n) is 7.16. The van der Waals surface area contributed by atoms with Crippen molar-refractivity contribution in [2.24, 2.45) is 5.14 Å². The molecule has 3 rings (SSSR count). The maximum atomic E-state index is 12.4. The molecule has 2 N–H and O–H groups in total. The lowest BCUT2D eigenvalue weighted by Gasteiger charge is -2.31. The van der Waals surface area contributed by atoms with Crippen molar-refractivity contribution in [2.45, 2.75) is 61.0 Å². The zero-order valence-corrected chi connectivity index (χ0v) is 18.0. The Kier molecular flexibility index (Phi) is 7.25. The van der Waals surface area contributed by atoms with Crippen LogP contribution in [0.25, 0.3) is 5.69 Å². The number of rotatable bonds is 8. The molecule has 1 aliphatic carbocycles. The van der Waals surface area contributed by atoms with Crippen LogP contribution in [0.5, 0.6) is 0 Å². The molecule has 1 saturated carbocycles. The molecule has 0 spiro atoms. The Hall–Kier alpha value is -1.98. The number of nitrogens with two attached hydrogens (primary N) is 1. The summed E-state index contributed by atoms with van der Waals surface area (Å²) in [5.41, 5.74) is 0.637. The van der Waals surface area contributed by atoms with Crippen LogP contribution in [0.1, 0.15) is 44.9 Å². The predicted octanol–water partition coefficient (Wildman–Crippen LogP) is 1.97. The zero-order chi connectivity index (χ0) is 20.9. The lowest BCUT2D eigenvalue weighted by atomic mass is 9.94. The largest absolute Gasteiger partial charge is 0.343 e. The molecule has 0 saturated heterocycles. The van der Waals surface area contributed by atoms with E-state index in [0.29, 0.717) is 29.1 Å². The van der Waals surface area contributed by atoms with E-state index >= 15 is 0 Å². The first-order valence-electron chi connectivity index (χ1n) is 9.66. The number of hydrogen-bond acceptors (Lipinski definition) is 7. The van der Waals surface area contributed by atoms with Crippen LogP contribution < -0.4 is 5.14 Å². The third-order valence-corrected chi connectivity index (χ3v) is 7.07. The van der Waals surface area contributed by atoms with Crippen molar-refractivity contribution >= 4 is 27.7 Å². The Labute approximate surface area is 175 Å². The number of thioether (sulfide) groups is 1. The highest BCUT2D eigenvalue weighted by atomic mass is 32.2. The van der Waals surface area contributed by atoms with Crippen LogP contribution in [0.3, 0.4) is 0 Å². The molecular weight excluding hydrogens is 412 g/mol. The smallest absolute Gasteiger partial charge is 0.238 e. The number of hydrogen-bond donors (Lipinski definition) is 1. The SMILES string of the molecule is CN(C(=O)CCCSc1nnnn1-c1ccc(S(N)(=O)=O)cc1)C1CCCCC1. The van der Waals surface area contributed by atoms with Crippen LogP contribution in [0.4, 0.5) is 0 Å². The number of carbonyl (C=O) groups excluding carboxylic acids is 1. The number of tetrazole rings is 1. The number of amides is 1. The first-order valence-corrected chi connectivity index (χ1v) is 12.2. The van der Waals surface area contributed by atoms with Gasteiger partial charge in [0, 0.05) is 25.3 Å². The molecule has 1 heterocycles. The molecule has 1 aliphatic rings. The fourth-order valence-corrected chi connectivity index (χ4v) is 4.79. The van der Waals surface area contributed by atoms with E-state index in [-0.39, 0.29) is 10.8 Å². The molecule has 1 fully saturated rings. The lowest BCUT2D eigenvalue weighted by Crippen LogP contribution is -2.38. The minimum absolute atomic E-state index is 0.0316. The van der Waals surface area contributed by atoms with Crippen molar-refractivity contribution in [2.75, 3.05) is 12.8 Å². The summed E-state index contributed by atoms with van der Waals surface area (Å²) in [6.45, 7) is 0. The van der Waals surface area contributed by atoms with E-state index in [2.05, 4.69) is 15.5 Å². The summed E-state index contributed by atoms with van der Waals surface area (Å²) in [5.74, 6) is 0.899. The van der Waals surface area contributed by atoms with Crippen LogP contribution in [0.2, 0.25) is 0 Å². The van der Waals surface area contributed by atoms with Crippen molar-refractivity contribution in [1.29, 1.82) is 0 Å². The third-order valence-electron chi connectivity index (χ3n) is 5.13. The molecule has 1 aromatic heterocycles. The number of primary sulfonamides is 1. The van der Waals surface area contributed by atoms with Crippen LogP contribution in [-0.2, 0) is 14.8 Å². The van der Waals surface area contributed by atoms with Crippen LogP contribution in [0.15, 0.2) is 34.3 Å². The normalized spacial score (nSPS) is 15.4. The minimum Gasteiger partial charge on any atom is -0.343 e. The van der Waals surface area contributed by atoms with Crippen LogP contribution in [-0.4, -0.2) is 58.3 Å². The molecule has 0 radical (unpaired) electrons. The topological polar surface area (TPSA) is 124 Å². The van der Waals surface area contributed by atoms with Gasteiger partial charge in [-0.25, -0.2) is 13.6 Å². The average molecular weight is 439 g/mol. The predicted molar refractivity (Wildman–Crippen MR) is 110 cm³/mol. The van der Waals surface area contributed by atoms with Gasteiger partial charge in [-0.1, -0.05) is 31.0 Å². The van der Waals surface area contributed by atoms with Gasteiger partial charge in [0.15, 0.2) is 0 Å². The van der Waals surface area contributed by atoms with Crippen molar-refractivity contribution in [3.63, 3.8) is 0 Å². The first kappa shape index (κ1) is 21.7. The van der Waals surface area contributed by atoms with Gasteiger partial charge in [0.2, 0.25) is 21.1 Å². The molecule has 11 heteroatoms. The molecule has 29 heavy (non-hydrogen) atoms. The van der Waals surface area contributed by atoms with Gasteiger partial charge in [-0.15, -0.1) is 5.10 Å². The maximum Gasteiger partial charge on any atom is 0.238 e. The Bertz CT molecular complexity index is 923. The van der Waals surface area contributed by atoms with E-state index in [1.165, 1.54) is 47.8 Å². The summed E-state index contributed by atoms with van der Waals surface area (Å²) in [5, 5.41) is 17.4. The number of carbonyl (C=O) groups is 1. The van der Waals surface area contributed by atoms with Crippen molar-refractivity contribution < 1.29 is 13.2 Å². The number of sulfonamides is 1. The Balaban J connectivity index is 1.51. The fourth-order valence-electron chi connectivity index (χ4n) is 3.44. The van der Waals surface area contributed by atoms with Gasteiger partial charge in [0.25, 0.3) is 0 Å². The van der Waals surface area contributed by atoms with Crippen LogP contribution >= 0.6 is 11.8 Å². The molecule has 1 amide bonds. The van der Waals surface area contributed by atoms with E-state index in [1.807, 2.05) is 11.9 Å². The number of benzene rings is 1. The molecule has 0 aliphatic heterocycles. The van der Waals surface area contributed by atoms with Crippen molar-refractivity contribution in [3.05, 3.63) is 24.3 Å². The molecule has 0 bridgehead atoms.